The number of amides is 1. The lowest BCUT2D eigenvalue weighted by Gasteiger charge is -2.04. The SMILES string of the molecule is C=CCc1c(C)nn(-c2nc(CC(=O)Nc3cccc(Cl)c3)cs2)c1C. The normalized spacial score (nSPS) is 10.7. The van der Waals surface area contributed by atoms with Gasteiger partial charge in [0.1, 0.15) is 0 Å². The Labute approximate surface area is 161 Å². The highest BCUT2D eigenvalue weighted by atomic mass is 35.5. The van der Waals surface area contributed by atoms with Gasteiger partial charge in [-0.15, -0.1) is 17.9 Å². The Morgan fingerprint density at radius 3 is 2.96 bits per heavy atom. The predicted octanol–water partition coefficient (Wildman–Crippen LogP) is 4.51. The van der Waals surface area contributed by atoms with Crippen LogP contribution in [0.1, 0.15) is 22.6 Å². The molecule has 0 unspecified atom stereocenters. The number of rotatable bonds is 6. The molecule has 26 heavy (non-hydrogen) atoms. The van der Waals surface area contributed by atoms with Crippen molar-refractivity contribution in [2.24, 2.45) is 0 Å². The molecule has 0 aliphatic heterocycles. The molecule has 0 fully saturated rings. The summed E-state index contributed by atoms with van der Waals surface area (Å²) in [5, 5.41) is 10.6. The van der Waals surface area contributed by atoms with Gasteiger partial charge in [-0.3, -0.25) is 4.79 Å². The van der Waals surface area contributed by atoms with E-state index >= 15 is 0 Å². The highest BCUT2D eigenvalue weighted by molar-refractivity contribution is 7.12. The van der Waals surface area contributed by atoms with E-state index in [0.29, 0.717) is 16.4 Å². The van der Waals surface area contributed by atoms with Crippen LogP contribution in [0.25, 0.3) is 5.13 Å². The third-order valence-corrected chi connectivity index (χ3v) is 5.06. The maximum atomic E-state index is 12.2. The second-order valence-electron chi connectivity index (χ2n) is 5.91. The molecule has 0 atom stereocenters. The van der Waals surface area contributed by atoms with Gasteiger partial charge >= 0.3 is 0 Å². The summed E-state index contributed by atoms with van der Waals surface area (Å²) in [5.74, 6) is -0.134. The molecule has 1 amide bonds. The lowest BCUT2D eigenvalue weighted by Crippen LogP contribution is -2.14. The first-order chi connectivity index (χ1) is 12.5. The van der Waals surface area contributed by atoms with Crippen LogP contribution in [0.15, 0.2) is 42.3 Å². The first-order valence-electron chi connectivity index (χ1n) is 8.14. The minimum Gasteiger partial charge on any atom is -0.326 e. The first kappa shape index (κ1) is 18.4. The number of benzene rings is 1. The summed E-state index contributed by atoms with van der Waals surface area (Å²) < 4.78 is 1.83. The standard InChI is InChI=1S/C19H19ClN4OS/c1-4-6-17-12(2)23-24(13(17)3)19-22-16(11-26-19)10-18(25)21-15-8-5-7-14(20)9-15/h4-5,7-9,11H,1,6,10H2,2-3H3,(H,21,25). The fourth-order valence-corrected chi connectivity index (χ4v) is 3.73. The lowest BCUT2D eigenvalue weighted by molar-refractivity contribution is -0.115. The van der Waals surface area contributed by atoms with Crippen molar-refractivity contribution in [1.29, 1.82) is 0 Å². The predicted molar refractivity (Wildman–Crippen MR) is 106 cm³/mol. The molecule has 2 aromatic heterocycles. The molecule has 0 aliphatic carbocycles. The van der Waals surface area contributed by atoms with Gasteiger partial charge in [0.15, 0.2) is 0 Å². The second kappa shape index (κ2) is 7.85. The van der Waals surface area contributed by atoms with E-state index in [1.54, 1.807) is 24.3 Å². The summed E-state index contributed by atoms with van der Waals surface area (Å²) in [7, 11) is 0. The van der Waals surface area contributed by atoms with Crippen molar-refractivity contribution >= 4 is 34.5 Å². The van der Waals surface area contributed by atoms with Crippen molar-refractivity contribution in [3.63, 3.8) is 0 Å². The average molecular weight is 387 g/mol. The molecule has 3 aromatic rings. The fraction of sp³-hybridized carbons (Fsp3) is 0.211. The van der Waals surface area contributed by atoms with E-state index in [-0.39, 0.29) is 12.3 Å². The zero-order chi connectivity index (χ0) is 18.7. The van der Waals surface area contributed by atoms with Crippen molar-refractivity contribution < 1.29 is 4.79 Å². The molecule has 1 N–H and O–H groups in total. The molecule has 134 valence electrons. The van der Waals surface area contributed by atoms with Crippen LogP contribution >= 0.6 is 22.9 Å². The molecule has 0 saturated heterocycles. The lowest BCUT2D eigenvalue weighted by atomic mass is 10.1. The zero-order valence-electron chi connectivity index (χ0n) is 14.6. The number of aromatic nitrogens is 3. The van der Waals surface area contributed by atoms with Crippen molar-refractivity contribution in [3.8, 4) is 5.13 Å². The van der Waals surface area contributed by atoms with E-state index in [9.17, 15) is 4.79 Å². The van der Waals surface area contributed by atoms with Crippen LogP contribution in [-0.4, -0.2) is 20.7 Å². The van der Waals surface area contributed by atoms with Crippen molar-refractivity contribution in [2.45, 2.75) is 26.7 Å². The number of halogens is 1. The number of nitrogens with one attached hydrogen (secondary N) is 1. The maximum absolute atomic E-state index is 12.2. The Kier molecular flexibility index (Phi) is 5.54. The topological polar surface area (TPSA) is 59.8 Å². The number of carbonyl (C=O) groups is 1. The zero-order valence-corrected chi connectivity index (χ0v) is 16.2. The number of hydrogen-bond donors (Lipinski definition) is 1. The van der Waals surface area contributed by atoms with Gasteiger partial charge < -0.3 is 5.32 Å². The van der Waals surface area contributed by atoms with E-state index in [1.165, 1.54) is 11.3 Å². The number of hydrogen-bond acceptors (Lipinski definition) is 4. The van der Waals surface area contributed by atoms with Crippen molar-refractivity contribution in [2.75, 3.05) is 5.32 Å². The molecule has 0 aliphatic rings. The summed E-state index contributed by atoms with van der Waals surface area (Å²) in [6.07, 6.45) is 2.84. The highest BCUT2D eigenvalue weighted by Crippen LogP contribution is 2.22. The Morgan fingerprint density at radius 1 is 1.42 bits per heavy atom. The van der Waals surface area contributed by atoms with E-state index in [1.807, 2.05) is 30.0 Å². The molecule has 3 rings (SSSR count). The van der Waals surface area contributed by atoms with Gasteiger partial charge in [0.05, 0.1) is 17.8 Å². The van der Waals surface area contributed by atoms with Gasteiger partial charge in [0.2, 0.25) is 11.0 Å². The minimum atomic E-state index is -0.134. The Morgan fingerprint density at radius 2 is 2.23 bits per heavy atom. The molecule has 7 heteroatoms. The summed E-state index contributed by atoms with van der Waals surface area (Å²) >= 11 is 7.40. The molecule has 0 radical (unpaired) electrons. The molecular weight excluding hydrogens is 368 g/mol. The smallest absolute Gasteiger partial charge is 0.230 e. The van der Waals surface area contributed by atoms with E-state index in [2.05, 4.69) is 22.0 Å². The number of carbonyl (C=O) groups excluding carboxylic acids is 1. The van der Waals surface area contributed by atoms with Crippen LogP contribution in [0.5, 0.6) is 0 Å². The Bertz CT molecular complexity index is 960. The summed E-state index contributed by atoms with van der Waals surface area (Å²) in [6, 6.07) is 7.07. The molecule has 0 spiro atoms. The first-order valence-corrected chi connectivity index (χ1v) is 9.40. The minimum absolute atomic E-state index is 0.134. The quantitative estimate of drug-likeness (QED) is 0.634. The van der Waals surface area contributed by atoms with E-state index in [0.717, 1.165) is 28.5 Å². The van der Waals surface area contributed by atoms with Gasteiger partial charge in [-0.25, -0.2) is 9.67 Å². The van der Waals surface area contributed by atoms with Gasteiger partial charge in [-0.05, 0) is 38.5 Å². The van der Waals surface area contributed by atoms with Gasteiger partial charge in [0, 0.05) is 27.3 Å². The maximum Gasteiger partial charge on any atom is 0.230 e. The summed E-state index contributed by atoms with van der Waals surface area (Å²) in [6.45, 7) is 7.80. The van der Waals surface area contributed by atoms with Crippen LogP contribution in [0.4, 0.5) is 5.69 Å². The summed E-state index contributed by atoms with van der Waals surface area (Å²) in [5.41, 5.74) is 4.56. The molecule has 5 nitrogen and oxygen atoms in total. The van der Waals surface area contributed by atoms with Crippen LogP contribution in [0.3, 0.4) is 0 Å². The molecule has 1 aromatic carbocycles. The van der Waals surface area contributed by atoms with Crippen molar-refractivity contribution in [1.82, 2.24) is 14.8 Å². The monoisotopic (exact) mass is 386 g/mol. The van der Waals surface area contributed by atoms with Gasteiger partial charge in [-0.2, -0.15) is 5.10 Å². The van der Waals surface area contributed by atoms with Crippen LogP contribution in [0, 0.1) is 13.8 Å². The number of aryl methyl sites for hydroxylation is 1. The van der Waals surface area contributed by atoms with Crippen LogP contribution in [0.2, 0.25) is 5.02 Å². The Hall–Kier alpha value is -2.44. The third-order valence-electron chi connectivity index (χ3n) is 3.96. The number of thiazole rings is 1. The largest absolute Gasteiger partial charge is 0.326 e. The van der Waals surface area contributed by atoms with Crippen LogP contribution < -0.4 is 5.32 Å². The molecule has 0 saturated carbocycles. The molecular formula is C19H19ClN4OS. The number of allylic oxidation sites excluding steroid dienone is 1. The number of anilines is 1. The second-order valence-corrected chi connectivity index (χ2v) is 7.18. The Balaban J connectivity index is 1.73. The molecule has 0 bridgehead atoms. The van der Waals surface area contributed by atoms with Crippen LogP contribution in [-0.2, 0) is 17.6 Å². The van der Waals surface area contributed by atoms with E-state index < -0.39 is 0 Å². The van der Waals surface area contributed by atoms with Gasteiger partial charge in [0.25, 0.3) is 0 Å². The van der Waals surface area contributed by atoms with Crippen molar-refractivity contribution in [3.05, 3.63) is 70.0 Å². The third kappa shape index (κ3) is 4.03. The highest BCUT2D eigenvalue weighted by Gasteiger charge is 2.15. The summed E-state index contributed by atoms with van der Waals surface area (Å²) in [4.78, 5) is 16.8. The fourth-order valence-electron chi connectivity index (χ4n) is 2.71. The average Bonchev–Trinajstić information content (AvgIpc) is 3.14. The molecule has 2 heterocycles. The van der Waals surface area contributed by atoms with E-state index in [4.69, 9.17) is 11.6 Å². The number of nitrogens with zero attached hydrogens (tertiary/aromatic N) is 3. The van der Waals surface area contributed by atoms with Gasteiger partial charge in [-0.1, -0.05) is 23.7 Å².